The Morgan fingerprint density at radius 3 is 1.51 bits per heavy atom. The van der Waals surface area contributed by atoms with Crippen LogP contribution < -0.4 is 4.90 Å². The fourth-order valence-corrected chi connectivity index (χ4v) is 8.94. The maximum atomic E-state index is 2.44. The van der Waals surface area contributed by atoms with Crippen LogP contribution in [0.15, 0.2) is 231 Å². The predicted molar refractivity (Wildman–Crippen MR) is 251 cm³/mol. The van der Waals surface area contributed by atoms with Gasteiger partial charge in [-0.3, -0.25) is 0 Å². The number of benzene rings is 10. The van der Waals surface area contributed by atoms with Crippen molar-refractivity contribution in [2.45, 2.75) is 6.42 Å². The van der Waals surface area contributed by atoms with Gasteiger partial charge in [-0.05, 0) is 116 Å². The summed E-state index contributed by atoms with van der Waals surface area (Å²) in [5.74, 6) is 0. The van der Waals surface area contributed by atoms with Crippen LogP contribution in [0.5, 0.6) is 0 Å². The molecule has 0 radical (unpaired) electrons. The first kappa shape index (κ1) is 34.6. The Morgan fingerprint density at radius 1 is 0.322 bits per heavy atom. The molecule has 11 rings (SSSR count). The molecule has 10 aromatic carbocycles. The summed E-state index contributed by atoms with van der Waals surface area (Å²) in [6.45, 7) is 0. The molecule has 11 aromatic rings. The van der Waals surface area contributed by atoms with Gasteiger partial charge in [0.25, 0.3) is 0 Å². The maximum absolute atomic E-state index is 2.44. The third-order valence-electron chi connectivity index (χ3n) is 11.8. The van der Waals surface area contributed by atoms with E-state index >= 15 is 0 Å². The second-order valence-electron chi connectivity index (χ2n) is 15.4. The van der Waals surface area contributed by atoms with E-state index in [2.05, 4.69) is 240 Å². The number of hydrogen-bond donors (Lipinski definition) is 0. The predicted octanol–water partition coefficient (Wildman–Crippen LogP) is 15.5. The molecule has 0 bridgehead atoms. The van der Waals surface area contributed by atoms with Crippen molar-refractivity contribution in [1.29, 1.82) is 0 Å². The van der Waals surface area contributed by atoms with Crippen LogP contribution in [0.3, 0.4) is 0 Å². The van der Waals surface area contributed by atoms with E-state index in [1.165, 1.54) is 82.4 Å². The van der Waals surface area contributed by atoms with Crippen molar-refractivity contribution in [3.8, 4) is 27.9 Å². The number of hydrogen-bond acceptors (Lipinski definition) is 1. The van der Waals surface area contributed by atoms with Gasteiger partial charge in [-0.15, -0.1) is 0 Å². The molecule has 0 aliphatic rings. The molecule has 59 heavy (non-hydrogen) atoms. The molecular weight excluding hydrogens is 713 g/mol. The second-order valence-corrected chi connectivity index (χ2v) is 15.4. The fraction of sp³-hybridized carbons (Fsp3) is 0.0175. The number of fused-ring (bicyclic) bond motifs is 5. The van der Waals surface area contributed by atoms with Crippen molar-refractivity contribution in [1.82, 2.24) is 4.57 Å². The Kier molecular flexibility index (Phi) is 8.60. The van der Waals surface area contributed by atoms with Crippen molar-refractivity contribution in [3.63, 3.8) is 0 Å². The zero-order valence-corrected chi connectivity index (χ0v) is 32.5. The smallest absolute Gasteiger partial charge is 0.0541 e. The van der Waals surface area contributed by atoms with Crippen LogP contribution in [0, 0.1) is 0 Å². The summed E-state index contributed by atoms with van der Waals surface area (Å²) in [5.41, 5.74) is 14.3. The van der Waals surface area contributed by atoms with Crippen molar-refractivity contribution in [2.24, 2.45) is 0 Å². The van der Waals surface area contributed by atoms with Gasteiger partial charge in [0.1, 0.15) is 0 Å². The third kappa shape index (κ3) is 6.32. The molecule has 0 aliphatic heterocycles. The van der Waals surface area contributed by atoms with Gasteiger partial charge in [-0.1, -0.05) is 170 Å². The monoisotopic (exact) mass is 752 g/mol. The van der Waals surface area contributed by atoms with Gasteiger partial charge in [0.05, 0.1) is 11.0 Å². The van der Waals surface area contributed by atoms with E-state index in [1.54, 1.807) is 0 Å². The molecule has 1 aromatic heterocycles. The summed E-state index contributed by atoms with van der Waals surface area (Å²) in [7, 11) is 0. The minimum absolute atomic E-state index is 0.753. The average Bonchev–Trinajstić information content (AvgIpc) is 3.64. The Balaban J connectivity index is 1.04. The van der Waals surface area contributed by atoms with Crippen molar-refractivity contribution in [2.75, 3.05) is 4.90 Å². The minimum Gasteiger partial charge on any atom is -0.310 e. The Morgan fingerprint density at radius 2 is 0.831 bits per heavy atom. The van der Waals surface area contributed by atoms with E-state index in [9.17, 15) is 0 Å². The molecule has 0 atom stereocenters. The SMILES string of the molecule is c1cc(-c2ccc3ccccc3c2)cc(N(c2ccc(-c3ccc4ccccc4c3)cc2)c2ccccc2Cc2ccccc2-n2c3ccccc3c3ccccc32)c1. The molecule has 0 spiro atoms. The van der Waals surface area contributed by atoms with Crippen molar-refractivity contribution in [3.05, 3.63) is 242 Å². The first-order valence-corrected chi connectivity index (χ1v) is 20.4. The maximum Gasteiger partial charge on any atom is 0.0541 e. The zero-order chi connectivity index (χ0) is 39.1. The topological polar surface area (TPSA) is 8.17 Å². The number of nitrogens with zero attached hydrogens (tertiary/aromatic N) is 2. The molecule has 1 heterocycles. The highest BCUT2D eigenvalue weighted by Gasteiger charge is 2.20. The molecule has 0 N–H and O–H groups in total. The van der Waals surface area contributed by atoms with Gasteiger partial charge in [-0.25, -0.2) is 0 Å². The Bertz CT molecular complexity index is 3260. The molecule has 0 saturated carbocycles. The van der Waals surface area contributed by atoms with Gasteiger partial charge in [0.2, 0.25) is 0 Å². The lowest BCUT2D eigenvalue weighted by Gasteiger charge is -2.29. The van der Waals surface area contributed by atoms with E-state index in [-0.39, 0.29) is 0 Å². The quantitative estimate of drug-likeness (QED) is 0.150. The van der Waals surface area contributed by atoms with E-state index in [1.807, 2.05) is 0 Å². The molecule has 2 nitrogen and oxygen atoms in total. The van der Waals surface area contributed by atoms with Crippen LogP contribution in [0.25, 0.3) is 71.3 Å². The molecule has 0 fully saturated rings. The molecule has 2 heteroatoms. The summed E-state index contributed by atoms with van der Waals surface area (Å²) in [6, 6.07) is 84.1. The van der Waals surface area contributed by atoms with Gasteiger partial charge < -0.3 is 9.47 Å². The summed E-state index contributed by atoms with van der Waals surface area (Å²) >= 11 is 0. The third-order valence-corrected chi connectivity index (χ3v) is 11.8. The molecule has 0 saturated heterocycles. The van der Waals surface area contributed by atoms with E-state index in [0.717, 1.165) is 23.5 Å². The number of aromatic nitrogens is 1. The van der Waals surface area contributed by atoms with Gasteiger partial charge in [0, 0.05) is 39.9 Å². The summed E-state index contributed by atoms with van der Waals surface area (Å²) in [4.78, 5) is 2.44. The standard InChI is InChI=1S/C57H40N2/c1-3-16-43-36-46(30-28-40(43)14-1)42-32-34-50(35-33-42)58(51-21-13-20-45(39-51)47-31-29-41-15-2-4-17-44(41)37-47)54-24-9-5-18-48(54)38-49-19-6-10-25-55(49)59-56-26-11-7-22-52(56)53-23-8-12-27-57(53)59/h1-37,39H,38H2. The Labute approximate surface area is 344 Å². The van der Waals surface area contributed by atoms with Gasteiger partial charge in [-0.2, -0.15) is 0 Å². The van der Waals surface area contributed by atoms with Crippen LogP contribution in [-0.4, -0.2) is 4.57 Å². The van der Waals surface area contributed by atoms with Gasteiger partial charge >= 0.3 is 0 Å². The zero-order valence-electron chi connectivity index (χ0n) is 32.5. The van der Waals surface area contributed by atoms with E-state index in [0.29, 0.717) is 0 Å². The molecule has 0 unspecified atom stereocenters. The van der Waals surface area contributed by atoms with Crippen LogP contribution >= 0.6 is 0 Å². The molecule has 0 amide bonds. The number of rotatable bonds is 8. The largest absolute Gasteiger partial charge is 0.310 e. The second kappa shape index (κ2) is 14.7. The van der Waals surface area contributed by atoms with E-state index < -0.39 is 0 Å². The average molecular weight is 753 g/mol. The summed E-state index contributed by atoms with van der Waals surface area (Å²) in [6.07, 6.45) is 0.753. The van der Waals surface area contributed by atoms with Crippen LogP contribution in [0.1, 0.15) is 11.1 Å². The highest BCUT2D eigenvalue weighted by atomic mass is 15.1. The lowest BCUT2D eigenvalue weighted by molar-refractivity contribution is 1.08. The highest BCUT2D eigenvalue weighted by molar-refractivity contribution is 6.09. The lowest BCUT2D eigenvalue weighted by atomic mass is 9.98. The van der Waals surface area contributed by atoms with E-state index in [4.69, 9.17) is 0 Å². The molecule has 278 valence electrons. The number of anilines is 3. The first-order chi connectivity index (χ1) is 29.2. The van der Waals surface area contributed by atoms with Crippen LogP contribution in [0.2, 0.25) is 0 Å². The molecule has 0 aliphatic carbocycles. The summed E-state index contributed by atoms with van der Waals surface area (Å²) in [5, 5.41) is 7.52. The van der Waals surface area contributed by atoms with Crippen molar-refractivity contribution >= 4 is 60.4 Å². The number of para-hydroxylation sites is 4. The lowest BCUT2D eigenvalue weighted by Crippen LogP contribution is -2.13. The Hall–Kier alpha value is -7.68. The van der Waals surface area contributed by atoms with Gasteiger partial charge in [0.15, 0.2) is 0 Å². The molecular formula is C57H40N2. The first-order valence-electron chi connectivity index (χ1n) is 20.4. The fourth-order valence-electron chi connectivity index (χ4n) is 8.94. The van der Waals surface area contributed by atoms with Crippen molar-refractivity contribution < 1.29 is 0 Å². The minimum atomic E-state index is 0.753. The normalized spacial score (nSPS) is 11.5. The van der Waals surface area contributed by atoms with Crippen LogP contribution in [0.4, 0.5) is 17.1 Å². The van der Waals surface area contributed by atoms with Crippen LogP contribution in [-0.2, 0) is 6.42 Å². The summed E-state index contributed by atoms with van der Waals surface area (Å²) < 4.78 is 2.44. The highest BCUT2D eigenvalue weighted by Crippen LogP contribution is 2.41.